The number of carbonyl (C=O) groups is 2. The molecule has 2 aromatic heterocycles. The van der Waals surface area contributed by atoms with Crippen molar-refractivity contribution < 1.29 is 14.0 Å². The van der Waals surface area contributed by atoms with Crippen molar-refractivity contribution in [1.82, 2.24) is 20.3 Å². The molecule has 208 valence electrons. The van der Waals surface area contributed by atoms with Gasteiger partial charge < -0.3 is 15.6 Å². The Hall–Kier alpha value is -3.81. The third-order valence-corrected chi connectivity index (χ3v) is 9.24. The largest absolute Gasteiger partial charge is 0.337 e. The van der Waals surface area contributed by atoms with E-state index in [2.05, 4.69) is 34.4 Å². The predicted molar refractivity (Wildman–Crippen MR) is 154 cm³/mol. The highest BCUT2D eigenvalue weighted by atomic mass is 19.1. The molecule has 3 aromatic rings. The van der Waals surface area contributed by atoms with Gasteiger partial charge in [-0.2, -0.15) is 0 Å². The molecule has 4 atom stereocenters. The minimum atomic E-state index is -0.542. The second-order valence-corrected chi connectivity index (χ2v) is 11.9. The van der Waals surface area contributed by atoms with Crippen molar-refractivity contribution in [2.45, 2.75) is 65.2 Å². The Morgan fingerprint density at radius 1 is 1.18 bits per heavy atom. The molecular formula is C32H36FN5O2. The molecule has 0 saturated heterocycles. The summed E-state index contributed by atoms with van der Waals surface area (Å²) >= 11 is 0. The second-order valence-electron chi connectivity index (χ2n) is 11.9. The number of H-pyrrole nitrogens is 1. The fourth-order valence-electron chi connectivity index (χ4n) is 6.46. The zero-order chi connectivity index (χ0) is 27.9. The molecule has 0 radical (unpaired) electrons. The number of imidazole rings is 1. The van der Waals surface area contributed by atoms with E-state index in [0.29, 0.717) is 24.6 Å². The number of carbonyl (C=O) groups excluding carboxylic acids is 2. The number of benzene rings is 1. The third-order valence-electron chi connectivity index (χ3n) is 9.24. The number of allylic oxidation sites excluding steroid dienone is 4. The molecule has 2 fully saturated rings. The van der Waals surface area contributed by atoms with Gasteiger partial charge in [0.2, 0.25) is 5.91 Å². The normalized spacial score (nSPS) is 25.8. The lowest BCUT2D eigenvalue weighted by molar-refractivity contribution is -0.125. The standard InChI is InChI=1S/C32H36FN5O2/c1-3-32(13-12-20(17-32)15-22-14-19(22)2)31(40)38-28-16-26-27(18-34-28)37-29(36-26)21-8-10-23(11-9-21)35-30(39)24-6-4-5-7-25(24)33/h4-8,10,16,18-20,22H,3,9,11-15,17H2,1-2H3,(H,35,39)(H,36,37)(H,34,38,40). The number of hydrogen-bond acceptors (Lipinski definition) is 4. The van der Waals surface area contributed by atoms with Gasteiger partial charge >= 0.3 is 0 Å². The van der Waals surface area contributed by atoms with Gasteiger partial charge in [0.1, 0.15) is 17.5 Å². The van der Waals surface area contributed by atoms with Gasteiger partial charge in [0, 0.05) is 17.2 Å². The molecule has 7 nitrogen and oxygen atoms in total. The van der Waals surface area contributed by atoms with Gasteiger partial charge in [-0.25, -0.2) is 14.4 Å². The highest BCUT2D eigenvalue weighted by Gasteiger charge is 2.46. The van der Waals surface area contributed by atoms with E-state index in [1.165, 1.54) is 25.0 Å². The van der Waals surface area contributed by atoms with Crippen LogP contribution in [0.4, 0.5) is 10.2 Å². The number of pyridine rings is 1. The summed E-state index contributed by atoms with van der Waals surface area (Å²) in [6.45, 7) is 4.46. The van der Waals surface area contributed by atoms with Gasteiger partial charge in [0.05, 0.1) is 22.8 Å². The van der Waals surface area contributed by atoms with E-state index in [0.717, 1.165) is 65.6 Å². The molecule has 0 spiro atoms. The molecule has 0 bridgehead atoms. The monoisotopic (exact) mass is 541 g/mol. The first-order chi connectivity index (χ1) is 19.3. The van der Waals surface area contributed by atoms with Crippen LogP contribution in [-0.4, -0.2) is 26.8 Å². The Balaban J connectivity index is 1.11. The third kappa shape index (κ3) is 5.31. The fourth-order valence-corrected chi connectivity index (χ4v) is 6.46. The van der Waals surface area contributed by atoms with Crippen LogP contribution in [0.15, 0.2) is 54.4 Å². The number of aromatic nitrogens is 3. The summed E-state index contributed by atoms with van der Waals surface area (Å²) in [4.78, 5) is 38.5. The minimum Gasteiger partial charge on any atom is -0.337 e. The van der Waals surface area contributed by atoms with E-state index >= 15 is 0 Å². The molecule has 8 heteroatoms. The summed E-state index contributed by atoms with van der Waals surface area (Å²) in [5.41, 5.74) is 2.97. The topological polar surface area (TPSA) is 99.8 Å². The Morgan fingerprint density at radius 3 is 2.73 bits per heavy atom. The van der Waals surface area contributed by atoms with E-state index in [1.54, 1.807) is 18.3 Å². The van der Waals surface area contributed by atoms with Crippen LogP contribution in [0.3, 0.4) is 0 Å². The van der Waals surface area contributed by atoms with Gasteiger partial charge in [0.15, 0.2) is 0 Å². The molecular weight excluding hydrogens is 505 g/mol. The number of rotatable bonds is 8. The molecule has 2 saturated carbocycles. The Kier molecular flexibility index (Phi) is 7.02. The molecule has 2 amide bonds. The molecule has 2 heterocycles. The summed E-state index contributed by atoms with van der Waals surface area (Å²) < 4.78 is 13.9. The van der Waals surface area contributed by atoms with E-state index in [-0.39, 0.29) is 16.9 Å². The highest BCUT2D eigenvalue weighted by Crippen LogP contribution is 2.51. The lowest BCUT2D eigenvalue weighted by Gasteiger charge is -2.26. The van der Waals surface area contributed by atoms with Crippen molar-refractivity contribution in [2.24, 2.45) is 23.2 Å². The van der Waals surface area contributed by atoms with E-state index < -0.39 is 11.7 Å². The molecule has 3 N–H and O–H groups in total. The average Bonchev–Trinajstić information content (AvgIpc) is 3.31. The number of aromatic amines is 1. The van der Waals surface area contributed by atoms with E-state index in [9.17, 15) is 14.0 Å². The number of halogens is 1. The van der Waals surface area contributed by atoms with E-state index in [1.807, 2.05) is 18.2 Å². The van der Waals surface area contributed by atoms with Crippen LogP contribution < -0.4 is 10.6 Å². The molecule has 3 aliphatic carbocycles. The Morgan fingerprint density at radius 2 is 2.00 bits per heavy atom. The SMILES string of the molecule is CCC1(C(=O)Nc2cc3nc(C4=CC=C(NC(=O)c5ccccc5F)CC4)[nH]c3cn2)CCC(CC2CC2C)C1. The number of anilines is 1. The van der Waals surface area contributed by atoms with Gasteiger partial charge in [-0.1, -0.05) is 32.1 Å². The zero-order valence-corrected chi connectivity index (χ0v) is 23.1. The molecule has 1 aromatic carbocycles. The first-order valence-electron chi connectivity index (χ1n) is 14.5. The zero-order valence-electron chi connectivity index (χ0n) is 23.1. The van der Waals surface area contributed by atoms with Crippen LogP contribution >= 0.6 is 0 Å². The summed E-state index contributed by atoms with van der Waals surface area (Å²) in [6, 6.07) is 7.77. The van der Waals surface area contributed by atoms with E-state index in [4.69, 9.17) is 4.98 Å². The lowest BCUT2D eigenvalue weighted by atomic mass is 9.81. The molecule has 6 rings (SSSR count). The molecule has 0 aliphatic heterocycles. The summed E-state index contributed by atoms with van der Waals surface area (Å²) in [5.74, 6) is 2.70. The fraction of sp³-hybridized carbons (Fsp3) is 0.438. The van der Waals surface area contributed by atoms with Crippen molar-refractivity contribution >= 4 is 34.2 Å². The second kappa shape index (κ2) is 10.6. The molecule has 40 heavy (non-hydrogen) atoms. The number of amides is 2. The van der Waals surface area contributed by atoms with Crippen molar-refractivity contribution in [3.8, 4) is 0 Å². The maximum atomic E-state index is 13.9. The van der Waals surface area contributed by atoms with Crippen molar-refractivity contribution in [1.29, 1.82) is 0 Å². The van der Waals surface area contributed by atoms with Crippen LogP contribution in [-0.2, 0) is 4.79 Å². The van der Waals surface area contributed by atoms with Crippen molar-refractivity contribution in [3.63, 3.8) is 0 Å². The van der Waals surface area contributed by atoms with Crippen LogP contribution in [0.25, 0.3) is 16.6 Å². The van der Waals surface area contributed by atoms with Crippen LogP contribution in [0.1, 0.15) is 81.4 Å². The first-order valence-corrected chi connectivity index (χ1v) is 14.5. The summed E-state index contributed by atoms with van der Waals surface area (Å²) in [6.07, 6.45) is 13.2. The van der Waals surface area contributed by atoms with Crippen LogP contribution in [0, 0.1) is 29.0 Å². The Bertz CT molecular complexity index is 1520. The maximum Gasteiger partial charge on any atom is 0.258 e. The molecule has 4 unspecified atom stereocenters. The number of fused-ring (bicyclic) bond motifs is 1. The first kappa shape index (κ1) is 26.4. The van der Waals surface area contributed by atoms with Gasteiger partial charge in [-0.3, -0.25) is 9.59 Å². The predicted octanol–water partition coefficient (Wildman–Crippen LogP) is 6.77. The van der Waals surface area contributed by atoms with Crippen molar-refractivity contribution in [3.05, 3.63) is 71.6 Å². The van der Waals surface area contributed by atoms with Gasteiger partial charge in [-0.05, 0) is 92.9 Å². The van der Waals surface area contributed by atoms with Crippen LogP contribution in [0.2, 0.25) is 0 Å². The number of nitrogens with zero attached hydrogens (tertiary/aromatic N) is 2. The summed E-state index contributed by atoms with van der Waals surface area (Å²) in [5, 5.41) is 5.91. The van der Waals surface area contributed by atoms with Gasteiger partial charge in [-0.15, -0.1) is 0 Å². The smallest absolute Gasteiger partial charge is 0.258 e. The highest BCUT2D eigenvalue weighted by molar-refractivity contribution is 5.96. The minimum absolute atomic E-state index is 0.0244. The molecule has 3 aliphatic rings. The van der Waals surface area contributed by atoms with Gasteiger partial charge in [0.25, 0.3) is 5.91 Å². The number of nitrogens with one attached hydrogen (secondary N) is 3. The lowest BCUT2D eigenvalue weighted by Crippen LogP contribution is -2.34. The average molecular weight is 542 g/mol. The Labute approximate surface area is 233 Å². The quantitative estimate of drug-likeness (QED) is 0.293. The van der Waals surface area contributed by atoms with Crippen molar-refractivity contribution in [2.75, 3.05) is 5.32 Å². The summed E-state index contributed by atoms with van der Waals surface area (Å²) in [7, 11) is 0. The maximum absolute atomic E-state index is 13.9. The number of hydrogen-bond donors (Lipinski definition) is 3. The van der Waals surface area contributed by atoms with Crippen LogP contribution in [0.5, 0.6) is 0 Å².